The maximum atomic E-state index is 10.5. The molecule has 0 heterocycles. The first-order valence-electron chi connectivity index (χ1n) is 3.96. The molecule has 0 bridgehead atoms. The Morgan fingerprint density at radius 3 is 2.21 bits per heavy atom. The lowest BCUT2D eigenvalue weighted by atomic mass is 10.2. The first kappa shape index (κ1) is 12.6. The van der Waals surface area contributed by atoms with Crippen LogP contribution < -0.4 is 0 Å². The minimum absolute atomic E-state index is 0.250. The van der Waals surface area contributed by atoms with Crippen LogP contribution in [0.4, 0.5) is 0 Å². The van der Waals surface area contributed by atoms with Gasteiger partial charge in [-0.3, -0.25) is 4.79 Å². The summed E-state index contributed by atoms with van der Waals surface area (Å²) in [5, 5.41) is 15.5. The highest BCUT2D eigenvalue weighted by atomic mass is 35.5. The standard InChI is InChI=1S/C8H4ClNO.C2H6O/c9-8(11)7-3-1-6(5-10)2-4-7;1-2-3/h1-4H;3H,2H2,1H3. The Morgan fingerprint density at radius 1 is 1.50 bits per heavy atom. The number of aliphatic hydroxyl groups excluding tert-OH is 1. The molecule has 14 heavy (non-hydrogen) atoms. The van der Waals surface area contributed by atoms with E-state index in [1.807, 2.05) is 6.07 Å². The van der Waals surface area contributed by atoms with Gasteiger partial charge in [0, 0.05) is 12.2 Å². The van der Waals surface area contributed by atoms with Crippen molar-refractivity contribution < 1.29 is 9.90 Å². The molecule has 0 aliphatic heterocycles. The third kappa shape index (κ3) is 4.61. The number of benzene rings is 1. The van der Waals surface area contributed by atoms with Gasteiger partial charge in [-0.05, 0) is 42.8 Å². The molecule has 1 N–H and O–H groups in total. The average molecular weight is 212 g/mol. The van der Waals surface area contributed by atoms with Crippen LogP contribution in [0.1, 0.15) is 22.8 Å². The van der Waals surface area contributed by atoms with Crippen molar-refractivity contribution in [2.24, 2.45) is 0 Å². The van der Waals surface area contributed by atoms with Crippen molar-refractivity contribution >= 4 is 16.8 Å². The molecule has 74 valence electrons. The number of rotatable bonds is 1. The molecule has 0 aliphatic rings. The van der Waals surface area contributed by atoms with Crippen LogP contribution in [0.15, 0.2) is 24.3 Å². The molecule has 1 aromatic rings. The molecular weight excluding hydrogens is 202 g/mol. The quantitative estimate of drug-likeness (QED) is 0.723. The van der Waals surface area contributed by atoms with E-state index in [0.29, 0.717) is 11.1 Å². The largest absolute Gasteiger partial charge is 0.397 e. The molecule has 0 fully saturated rings. The van der Waals surface area contributed by atoms with Crippen LogP contribution in [0.2, 0.25) is 0 Å². The fourth-order valence-corrected chi connectivity index (χ4v) is 0.802. The van der Waals surface area contributed by atoms with Crippen LogP contribution in [0.3, 0.4) is 0 Å². The third-order valence-electron chi connectivity index (χ3n) is 1.24. The Kier molecular flexibility index (Phi) is 6.38. The van der Waals surface area contributed by atoms with Gasteiger partial charge in [-0.1, -0.05) is 0 Å². The Hall–Kier alpha value is -1.37. The number of halogens is 1. The maximum absolute atomic E-state index is 10.5. The fourth-order valence-electron chi connectivity index (χ4n) is 0.676. The van der Waals surface area contributed by atoms with Crippen molar-refractivity contribution in [1.82, 2.24) is 0 Å². The monoisotopic (exact) mass is 211 g/mol. The first-order chi connectivity index (χ1) is 6.65. The van der Waals surface area contributed by atoms with Crippen LogP contribution in [-0.4, -0.2) is 17.0 Å². The van der Waals surface area contributed by atoms with E-state index in [0.717, 1.165) is 0 Å². The topological polar surface area (TPSA) is 61.1 Å². The van der Waals surface area contributed by atoms with Crippen molar-refractivity contribution in [3.63, 3.8) is 0 Å². The van der Waals surface area contributed by atoms with Gasteiger partial charge in [0.25, 0.3) is 5.24 Å². The van der Waals surface area contributed by atoms with Gasteiger partial charge in [0.1, 0.15) is 0 Å². The SMILES string of the molecule is CCO.N#Cc1ccc(C(=O)Cl)cc1. The van der Waals surface area contributed by atoms with E-state index in [9.17, 15) is 4.79 Å². The highest BCUT2D eigenvalue weighted by molar-refractivity contribution is 6.67. The molecule has 0 unspecified atom stereocenters. The maximum Gasteiger partial charge on any atom is 0.252 e. The zero-order valence-corrected chi connectivity index (χ0v) is 8.45. The van der Waals surface area contributed by atoms with Crippen LogP contribution in [0, 0.1) is 11.3 Å². The summed E-state index contributed by atoms with van der Waals surface area (Å²) >= 11 is 5.18. The fraction of sp³-hybridized carbons (Fsp3) is 0.200. The normalized spacial score (nSPS) is 8.14. The van der Waals surface area contributed by atoms with Crippen molar-refractivity contribution in [2.45, 2.75) is 6.92 Å². The highest BCUT2D eigenvalue weighted by Crippen LogP contribution is 2.05. The van der Waals surface area contributed by atoms with E-state index in [1.54, 1.807) is 19.1 Å². The lowest BCUT2D eigenvalue weighted by molar-refractivity contribution is 0.108. The second kappa shape index (κ2) is 7.07. The highest BCUT2D eigenvalue weighted by Gasteiger charge is 1.99. The molecule has 0 spiro atoms. The number of hydrogen-bond acceptors (Lipinski definition) is 3. The van der Waals surface area contributed by atoms with Crippen molar-refractivity contribution in [1.29, 1.82) is 5.26 Å². The smallest absolute Gasteiger partial charge is 0.252 e. The van der Waals surface area contributed by atoms with Gasteiger partial charge in [0.15, 0.2) is 0 Å². The summed E-state index contributed by atoms with van der Waals surface area (Å²) in [5.74, 6) is 0. The molecular formula is C10H10ClNO2. The van der Waals surface area contributed by atoms with E-state index >= 15 is 0 Å². The Bertz CT molecular complexity index is 327. The molecule has 0 aromatic heterocycles. The summed E-state index contributed by atoms with van der Waals surface area (Å²) in [5.41, 5.74) is 0.928. The van der Waals surface area contributed by atoms with Gasteiger partial charge in [-0.2, -0.15) is 5.26 Å². The zero-order chi connectivity index (χ0) is 11.0. The number of aliphatic hydroxyl groups is 1. The predicted molar refractivity (Wildman–Crippen MR) is 54.1 cm³/mol. The number of carbonyl (C=O) groups excluding carboxylic acids is 1. The number of hydrogen-bond donors (Lipinski definition) is 1. The predicted octanol–water partition coefficient (Wildman–Crippen LogP) is 1.94. The summed E-state index contributed by atoms with van der Waals surface area (Å²) in [6.07, 6.45) is 0. The summed E-state index contributed by atoms with van der Waals surface area (Å²) in [6.45, 7) is 1.93. The van der Waals surface area contributed by atoms with E-state index in [-0.39, 0.29) is 6.61 Å². The van der Waals surface area contributed by atoms with Crippen LogP contribution >= 0.6 is 11.6 Å². The zero-order valence-electron chi connectivity index (χ0n) is 7.70. The molecule has 1 rings (SSSR count). The van der Waals surface area contributed by atoms with Gasteiger partial charge >= 0.3 is 0 Å². The van der Waals surface area contributed by atoms with E-state index in [1.165, 1.54) is 12.1 Å². The van der Waals surface area contributed by atoms with E-state index in [2.05, 4.69) is 0 Å². The Balaban J connectivity index is 0.000000500. The second-order valence-electron chi connectivity index (χ2n) is 2.28. The van der Waals surface area contributed by atoms with Crippen molar-refractivity contribution in [3.8, 4) is 6.07 Å². The summed E-state index contributed by atoms with van der Waals surface area (Å²) in [7, 11) is 0. The number of nitriles is 1. The molecule has 0 aliphatic carbocycles. The van der Waals surface area contributed by atoms with E-state index < -0.39 is 5.24 Å². The van der Waals surface area contributed by atoms with Crippen LogP contribution in [0.25, 0.3) is 0 Å². The first-order valence-corrected chi connectivity index (χ1v) is 4.34. The summed E-state index contributed by atoms with van der Waals surface area (Å²) < 4.78 is 0. The van der Waals surface area contributed by atoms with Crippen molar-refractivity contribution in [3.05, 3.63) is 35.4 Å². The minimum Gasteiger partial charge on any atom is -0.397 e. The molecule has 0 amide bonds. The number of carbonyl (C=O) groups is 1. The minimum atomic E-state index is -0.505. The Labute approximate surface area is 87.5 Å². The van der Waals surface area contributed by atoms with Crippen molar-refractivity contribution in [2.75, 3.05) is 6.61 Å². The average Bonchev–Trinajstić information content (AvgIpc) is 2.19. The van der Waals surface area contributed by atoms with Gasteiger partial charge in [0.2, 0.25) is 0 Å². The van der Waals surface area contributed by atoms with Gasteiger partial charge in [-0.15, -0.1) is 0 Å². The molecule has 0 radical (unpaired) electrons. The Morgan fingerprint density at radius 2 is 1.93 bits per heavy atom. The van der Waals surface area contributed by atoms with Crippen LogP contribution in [0.5, 0.6) is 0 Å². The molecule has 4 heteroatoms. The molecule has 0 saturated carbocycles. The van der Waals surface area contributed by atoms with Crippen LogP contribution in [-0.2, 0) is 0 Å². The lowest BCUT2D eigenvalue weighted by Gasteiger charge is -1.91. The summed E-state index contributed by atoms with van der Waals surface area (Å²) in [4.78, 5) is 10.5. The summed E-state index contributed by atoms with van der Waals surface area (Å²) in [6, 6.07) is 8.08. The molecule has 0 saturated heterocycles. The van der Waals surface area contributed by atoms with Gasteiger partial charge < -0.3 is 5.11 Å². The molecule has 0 atom stereocenters. The van der Waals surface area contributed by atoms with Gasteiger partial charge in [-0.25, -0.2) is 0 Å². The third-order valence-corrected chi connectivity index (χ3v) is 1.46. The number of nitrogens with zero attached hydrogens (tertiary/aromatic N) is 1. The molecule has 3 nitrogen and oxygen atoms in total. The lowest BCUT2D eigenvalue weighted by Crippen LogP contribution is -1.87. The van der Waals surface area contributed by atoms with E-state index in [4.69, 9.17) is 22.0 Å². The second-order valence-corrected chi connectivity index (χ2v) is 2.62. The van der Waals surface area contributed by atoms with Gasteiger partial charge in [0.05, 0.1) is 11.6 Å². The molecule has 1 aromatic carbocycles.